The second-order valence-electron chi connectivity index (χ2n) is 7.29. The van der Waals surface area contributed by atoms with E-state index in [0.717, 1.165) is 10.1 Å². The lowest BCUT2D eigenvalue weighted by atomic mass is 10.0. The first-order valence-electron chi connectivity index (χ1n) is 9.63. The minimum absolute atomic E-state index is 0.0485. The molecule has 0 spiro atoms. The molecule has 3 atom stereocenters. The highest BCUT2D eigenvalue weighted by molar-refractivity contribution is 5.82. The number of amides is 1. The van der Waals surface area contributed by atoms with Crippen LogP contribution in [-0.2, 0) is 4.79 Å². The third-order valence-corrected chi connectivity index (χ3v) is 5.26. The Kier molecular flexibility index (Phi) is 5.55. The molecule has 2 heterocycles. The van der Waals surface area contributed by atoms with Crippen molar-refractivity contribution in [2.75, 3.05) is 6.54 Å². The third-order valence-electron chi connectivity index (χ3n) is 5.26. The number of rotatable bonds is 6. The second-order valence-corrected chi connectivity index (χ2v) is 7.29. The minimum atomic E-state index is -2.69. The van der Waals surface area contributed by atoms with Gasteiger partial charge in [-0.05, 0) is 24.1 Å². The van der Waals surface area contributed by atoms with Crippen molar-refractivity contribution < 1.29 is 13.6 Å². The lowest BCUT2D eigenvalue weighted by Gasteiger charge is -2.16. The van der Waals surface area contributed by atoms with E-state index in [1.54, 1.807) is 31.2 Å². The number of hydrogen-bond acceptors (Lipinski definition) is 4. The van der Waals surface area contributed by atoms with E-state index >= 15 is 0 Å². The van der Waals surface area contributed by atoms with Gasteiger partial charge in [-0.15, -0.1) is 0 Å². The minimum Gasteiger partial charge on any atom is -0.354 e. The molecule has 1 aliphatic rings. The number of aromatic nitrogens is 2. The summed E-state index contributed by atoms with van der Waals surface area (Å²) in [7, 11) is 0. The molecule has 4 rings (SSSR count). The Balaban J connectivity index is 1.40. The van der Waals surface area contributed by atoms with Gasteiger partial charge in [-0.25, -0.2) is 15.8 Å². The van der Waals surface area contributed by atoms with E-state index in [9.17, 15) is 13.6 Å². The lowest BCUT2D eigenvalue weighted by Crippen LogP contribution is -2.44. The van der Waals surface area contributed by atoms with Gasteiger partial charge < -0.3 is 5.32 Å². The zero-order valence-corrected chi connectivity index (χ0v) is 16.0. The molecule has 152 valence electrons. The van der Waals surface area contributed by atoms with E-state index in [1.807, 2.05) is 30.3 Å². The van der Waals surface area contributed by atoms with Crippen molar-refractivity contribution in [3.05, 3.63) is 66.0 Å². The summed E-state index contributed by atoms with van der Waals surface area (Å²) in [5, 5.41) is 2.87. The SMILES string of the molecule is CC(CNC(=O)C1CC(c2ccccc2)NN1)c1nc2ccccc2n1C(F)F. The third kappa shape index (κ3) is 3.99. The normalized spacial score (nSPS) is 20.3. The molecule has 8 heteroatoms. The van der Waals surface area contributed by atoms with Gasteiger partial charge in [-0.3, -0.25) is 9.36 Å². The van der Waals surface area contributed by atoms with Gasteiger partial charge in [-0.1, -0.05) is 49.4 Å². The van der Waals surface area contributed by atoms with Gasteiger partial charge in [0.2, 0.25) is 5.91 Å². The van der Waals surface area contributed by atoms with E-state index < -0.39 is 6.55 Å². The van der Waals surface area contributed by atoms with Crippen molar-refractivity contribution in [2.45, 2.75) is 37.9 Å². The summed E-state index contributed by atoms with van der Waals surface area (Å²) in [6.07, 6.45) is 0.611. The highest BCUT2D eigenvalue weighted by Gasteiger charge is 2.30. The van der Waals surface area contributed by atoms with Gasteiger partial charge >= 0.3 is 6.55 Å². The second kappa shape index (κ2) is 8.26. The predicted molar refractivity (Wildman–Crippen MR) is 106 cm³/mol. The van der Waals surface area contributed by atoms with E-state index in [2.05, 4.69) is 21.2 Å². The number of carbonyl (C=O) groups is 1. The van der Waals surface area contributed by atoms with Gasteiger partial charge in [0.05, 0.1) is 11.0 Å². The van der Waals surface area contributed by atoms with Crippen LogP contribution in [0.4, 0.5) is 8.78 Å². The number of carbonyl (C=O) groups excluding carboxylic acids is 1. The number of hydrazine groups is 1. The van der Waals surface area contributed by atoms with Crippen LogP contribution >= 0.6 is 0 Å². The van der Waals surface area contributed by atoms with E-state index in [0.29, 0.717) is 17.5 Å². The fourth-order valence-corrected chi connectivity index (χ4v) is 3.72. The summed E-state index contributed by atoms with van der Waals surface area (Å²) >= 11 is 0. The Labute approximate surface area is 167 Å². The molecule has 1 aromatic heterocycles. The van der Waals surface area contributed by atoms with Crippen molar-refractivity contribution in [1.82, 2.24) is 25.7 Å². The molecule has 2 aromatic carbocycles. The van der Waals surface area contributed by atoms with Crippen molar-refractivity contribution in [1.29, 1.82) is 0 Å². The summed E-state index contributed by atoms with van der Waals surface area (Å²) < 4.78 is 28.2. The summed E-state index contributed by atoms with van der Waals surface area (Å²) in [5.41, 5.74) is 8.17. The molecule has 29 heavy (non-hydrogen) atoms. The van der Waals surface area contributed by atoms with Crippen LogP contribution in [0.5, 0.6) is 0 Å². The molecule has 1 saturated heterocycles. The van der Waals surface area contributed by atoms with Gasteiger partial charge in [0.15, 0.2) is 0 Å². The zero-order chi connectivity index (χ0) is 20.4. The average Bonchev–Trinajstić information content (AvgIpc) is 3.37. The number of nitrogens with one attached hydrogen (secondary N) is 3. The van der Waals surface area contributed by atoms with Crippen LogP contribution in [0.25, 0.3) is 11.0 Å². The Bertz CT molecular complexity index is 991. The van der Waals surface area contributed by atoms with Crippen LogP contribution in [0.2, 0.25) is 0 Å². The highest BCUT2D eigenvalue weighted by Crippen LogP contribution is 2.27. The molecule has 1 aliphatic heterocycles. The van der Waals surface area contributed by atoms with Crippen LogP contribution in [0.3, 0.4) is 0 Å². The molecule has 3 aromatic rings. The summed E-state index contributed by atoms with van der Waals surface area (Å²) in [6, 6.07) is 16.4. The Morgan fingerprint density at radius 1 is 1.17 bits per heavy atom. The molecular formula is C21H23F2N5O. The van der Waals surface area contributed by atoms with Crippen molar-refractivity contribution >= 4 is 16.9 Å². The summed E-state index contributed by atoms with van der Waals surface area (Å²) in [5.74, 6) is -0.261. The van der Waals surface area contributed by atoms with Crippen LogP contribution < -0.4 is 16.2 Å². The zero-order valence-electron chi connectivity index (χ0n) is 16.0. The van der Waals surface area contributed by atoms with E-state index in [-0.39, 0.29) is 36.3 Å². The highest BCUT2D eigenvalue weighted by atomic mass is 19.3. The molecule has 3 N–H and O–H groups in total. The van der Waals surface area contributed by atoms with Crippen molar-refractivity contribution in [2.24, 2.45) is 0 Å². The Morgan fingerprint density at radius 3 is 2.66 bits per heavy atom. The first kappa shape index (κ1) is 19.5. The molecule has 0 saturated carbocycles. The number of hydrogen-bond donors (Lipinski definition) is 3. The molecular weight excluding hydrogens is 376 g/mol. The number of fused-ring (bicyclic) bond motifs is 1. The van der Waals surface area contributed by atoms with Gasteiger partial charge in [0.1, 0.15) is 11.9 Å². The molecule has 1 fully saturated rings. The average molecular weight is 399 g/mol. The van der Waals surface area contributed by atoms with Crippen LogP contribution in [0.1, 0.15) is 43.2 Å². The topological polar surface area (TPSA) is 71.0 Å². The van der Waals surface area contributed by atoms with Crippen LogP contribution in [-0.4, -0.2) is 28.0 Å². The molecule has 0 radical (unpaired) electrons. The standard InChI is InChI=1S/C21H23F2N5O/c1-13(19-25-15-9-5-6-10-18(15)28(19)21(22)23)12-24-20(29)17-11-16(26-27-17)14-7-3-2-4-8-14/h2-10,13,16-17,21,26-27H,11-12H2,1H3,(H,24,29). The van der Waals surface area contributed by atoms with Crippen molar-refractivity contribution in [3.63, 3.8) is 0 Å². The Hall–Kier alpha value is -2.84. The van der Waals surface area contributed by atoms with Gasteiger partial charge in [0.25, 0.3) is 0 Å². The number of imidazole rings is 1. The maximum Gasteiger partial charge on any atom is 0.320 e. The number of benzene rings is 2. The number of alkyl halides is 2. The van der Waals surface area contributed by atoms with E-state index in [4.69, 9.17) is 0 Å². The first-order chi connectivity index (χ1) is 14.0. The molecule has 3 unspecified atom stereocenters. The number of para-hydroxylation sites is 2. The van der Waals surface area contributed by atoms with Gasteiger partial charge in [-0.2, -0.15) is 8.78 Å². The molecule has 6 nitrogen and oxygen atoms in total. The number of nitrogens with zero attached hydrogens (tertiary/aromatic N) is 2. The monoisotopic (exact) mass is 399 g/mol. The lowest BCUT2D eigenvalue weighted by molar-refractivity contribution is -0.122. The van der Waals surface area contributed by atoms with E-state index in [1.165, 1.54) is 0 Å². The summed E-state index contributed by atoms with van der Waals surface area (Å²) in [6.45, 7) is -0.681. The smallest absolute Gasteiger partial charge is 0.320 e. The van der Waals surface area contributed by atoms with Crippen molar-refractivity contribution in [3.8, 4) is 0 Å². The van der Waals surface area contributed by atoms with Crippen LogP contribution in [0, 0.1) is 0 Å². The first-order valence-corrected chi connectivity index (χ1v) is 9.63. The Morgan fingerprint density at radius 2 is 1.90 bits per heavy atom. The van der Waals surface area contributed by atoms with Gasteiger partial charge in [0, 0.05) is 18.5 Å². The maximum absolute atomic E-state index is 13.6. The molecule has 1 amide bonds. The maximum atomic E-state index is 13.6. The quantitative estimate of drug-likeness (QED) is 0.595. The predicted octanol–water partition coefficient (Wildman–Crippen LogP) is 3.26. The number of halogens is 2. The summed E-state index contributed by atoms with van der Waals surface area (Å²) in [4.78, 5) is 16.9. The molecule has 0 aliphatic carbocycles. The fraction of sp³-hybridized carbons (Fsp3) is 0.333. The molecule has 0 bridgehead atoms. The fourth-order valence-electron chi connectivity index (χ4n) is 3.72. The van der Waals surface area contributed by atoms with Crippen LogP contribution in [0.15, 0.2) is 54.6 Å². The largest absolute Gasteiger partial charge is 0.354 e.